The minimum atomic E-state index is -4.58. The fourth-order valence-corrected chi connectivity index (χ4v) is 3.91. The number of amides is 2. The lowest BCUT2D eigenvalue weighted by atomic mass is 10.2. The van der Waals surface area contributed by atoms with E-state index in [0.717, 1.165) is 5.69 Å². The van der Waals surface area contributed by atoms with Crippen molar-refractivity contribution in [2.75, 3.05) is 73.6 Å². The number of nitrogens with zero attached hydrogens (tertiary/aromatic N) is 7. The van der Waals surface area contributed by atoms with Crippen LogP contribution in [0.5, 0.6) is 5.88 Å². The molecule has 14 heteroatoms. The lowest BCUT2D eigenvalue weighted by Gasteiger charge is -2.34. The van der Waals surface area contributed by atoms with Gasteiger partial charge in [-0.25, -0.2) is 9.78 Å². The van der Waals surface area contributed by atoms with E-state index in [-0.39, 0.29) is 41.6 Å². The number of rotatable bonds is 9. The van der Waals surface area contributed by atoms with Gasteiger partial charge in [0, 0.05) is 44.6 Å². The molecule has 208 valence electrons. The number of nitrogens with one attached hydrogen (secondary N) is 1. The first-order chi connectivity index (χ1) is 18.4. The Labute approximate surface area is 224 Å². The zero-order valence-electron chi connectivity index (χ0n) is 22.0. The Hall–Kier alpha value is -4.33. The number of nitrogens with two attached hydrogens (primary N) is 1. The molecule has 0 atom stereocenters. The average molecular weight is 546 g/mol. The molecule has 0 fully saturated rings. The molecule has 3 N–H and O–H groups in total. The van der Waals surface area contributed by atoms with Crippen LogP contribution in [0, 0.1) is 0 Å². The Morgan fingerprint density at radius 1 is 1.13 bits per heavy atom. The van der Waals surface area contributed by atoms with Crippen molar-refractivity contribution < 1.29 is 22.7 Å². The van der Waals surface area contributed by atoms with E-state index >= 15 is 0 Å². The number of urea groups is 1. The van der Waals surface area contributed by atoms with E-state index < -0.39 is 12.8 Å². The van der Waals surface area contributed by atoms with Crippen LogP contribution in [-0.2, 0) is 6.54 Å². The summed E-state index contributed by atoms with van der Waals surface area (Å²) >= 11 is 0. The van der Waals surface area contributed by atoms with Crippen molar-refractivity contribution in [2.45, 2.75) is 12.7 Å². The number of halogens is 3. The third-order valence-electron chi connectivity index (χ3n) is 5.93. The minimum absolute atomic E-state index is 0.0355. The van der Waals surface area contributed by atoms with Crippen molar-refractivity contribution in [3.8, 4) is 5.88 Å². The van der Waals surface area contributed by atoms with Gasteiger partial charge >= 0.3 is 12.2 Å². The maximum absolute atomic E-state index is 13.0. The zero-order valence-corrected chi connectivity index (χ0v) is 22.0. The number of alkyl halides is 3. The molecule has 0 aliphatic carbocycles. The lowest BCUT2D eigenvalue weighted by molar-refractivity contribution is -0.153. The van der Waals surface area contributed by atoms with E-state index in [9.17, 15) is 18.0 Å². The second kappa shape index (κ2) is 11.2. The number of carbonyl (C=O) groups is 1. The van der Waals surface area contributed by atoms with Gasteiger partial charge in [-0.3, -0.25) is 9.80 Å². The number of pyridine rings is 1. The second-order valence-electron chi connectivity index (χ2n) is 9.31. The van der Waals surface area contributed by atoms with E-state index in [1.807, 2.05) is 49.3 Å². The predicted octanol–water partition coefficient (Wildman–Crippen LogP) is 3.71. The molecule has 3 aromatic rings. The van der Waals surface area contributed by atoms with Crippen molar-refractivity contribution in [1.29, 1.82) is 0 Å². The Morgan fingerprint density at radius 2 is 1.85 bits per heavy atom. The van der Waals surface area contributed by atoms with Crippen molar-refractivity contribution in [1.82, 2.24) is 19.9 Å². The van der Waals surface area contributed by atoms with E-state index in [1.54, 1.807) is 30.1 Å². The van der Waals surface area contributed by atoms with Gasteiger partial charge in [0.05, 0.1) is 12.2 Å². The number of nitrogen functional groups attached to an aromatic ring is 1. The normalized spacial score (nSPS) is 13.5. The number of anilines is 6. The molecular formula is C25H30F3N9O2. The number of para-hydroxylation sites is 1. The molecule has 2 aromatic heterocycles. The molecule has 0 radical (unpaired) electrons. The first-order valence-corrected chi connectivity index (χ1v) is 12.0. The van der Waals surface area contributed by atoms with Gasteiger partial charge in [-0.05, 0) is 32.3 Å². The first-order valence-electron chi connectivity index (χ1n) is 12.0. The van der Waals surface area contributed by atoms with E-state index in [4.69, 9.17) is 10.5 Å². The fourth-order valence-electron chi connectivity index (χ4n) is 3.91. The number of likely N-dealkylation sites (N-methyl/N-ethyl adjacent to an activating group) is 2. The Balaban J connectivity index is 1.63. The lowest BCUT2D eigenvalue weighted by Crippen LogP contribution is -2.45. The molecule has 2 amide bonds. The van der Waals surface area contributed by atoms with Crippen LogP contribution in [0.3, 0.4) is 0 Å². The summed E-state index contributed by atoms with van der Waals surface area (Å²) in [4.78, 5) is 32.7. The van der Waals surface area contributed by atoms with Gasteiger partial charge in [0.15, 0.2) is 12.4 Å². The smallest absolute Gasteiger partial charge is 0.422 e. The maximum atomic E-state index is 13.0. The van der Waals surface area contributed by atoms with Gasteiger partial charge in [-0.2, -0.15) is 23.1 Å². The molecule has 0 bridgehead atoms. The summed E-state index contributed by atoms with van der Waals surface area (Å²) in [5, 5.41) is 2.86. The van der Waals surface area contributed by atoms with Crippen LogP contribution < -0.4 is 30.5 Å². The molecule has 4 rings (SSSR count). The van der Waals surface area contributed by atoms with Gasteiger partial charge < -0.3 is 25.6 Å². The van der Waals surface area contributed by atoms with Crippen LogP contribution in [-0.4, -0.2) is 79.9 Å². The zero-order chi connectivity index (χ0) is 28.3. The molecule has 11 nitrogen and oxygen atoms in total. The highest BCUT2D eigenvalue weighted by Gasteiger charge is 2.32. The second-order valence-corrected chi connectivity index (χ2v) is 9.31. The van der Waals surface area contributed by atoms with Crippen LogP contribution >= 0.6 is 0 Å². The largest absolute Gasteiger partial charge is 0.466 e. The van der Waals surface area contributed by atoms with Gasteiger partial charge in [-0.15, -0.1) is 0 Å². The summed E-state index contributed by atoms with van der Waals surface area (Å²) in [6, 6.07) is 10.3. The summed E-state index contributed by atoms with van der Waals surface area (Å²) in [7, 11) is 7.13. The molecule has 0 unspecified atom stereocenters. The van der Waals surface area contributed by atoms with Crippen molar-refractivity contribution in [3.05, 3.63) is 48.2 Å². The van der Waals surface area contributed by atoms with Crippen LogP contribution in [0.4, 0.5) is 52.6 Å². The molecule has 0 saturated heterocycles. The monoisotopic (exact) mass is 545 g/mol. The first kappa shape index (κ1) is 27.7. The number of benzene rings is 1. The number of carbonyl (C=O) groups excluding carboxylic acids is 1. The summed E-state index contributed by atoms with van der Waals surface area (Å²) in [5.74, 6) is 0.364. The number of ether oxygens (including phenoxy) is 1. The Bertz CT molecular complexity index is 1320. The van der Waals surface area contributed by atoms with Gasteiger partial charge in [0.2, 0.25) is 11.8 Å². The van der Waals surface area contributed by atoms with Crippen LogP contribution in [0.2, 0.25) is 0 Å². The number of hydrogen-bond acceptors (Lipinski definition) is 9. The van der Waals surface area contributed by atoms with Crippen molar-refractivity contribution >= 4 is 40.7 Å². The third-order valence-corrected chi connectivity index (χ3v) is 5.93. The molecule has 3 heterocycles. The molecular weight excluding hydrogens is 515 g/mol. The highest BCUT2D eigenvalue weighted by Crippen LogP contribution is 2.35. The third kappa shape index (κ3) is 6.57. The quantitative estimate of drug-likeness (QED) is 0.415. The van der Waals surface area contributed by atoms with E-state index in [0.29, 0.717) is 24.5 Å². The highest BCUT2D eigenvalue weighted by atomic mass is 19.4. The Morgan fingerprint density at radius 3 is 2.51 bits per heavy atom. The predicted molar refractivity (Wildman–Crippen MR) is 144 cm³/mol. The SMILES string of the molecule is CN(C)CCN(C)c1nc(OCC(F)(F)F)c(Nc2ncc3c(n2)N(C)C(=O)N(c2ccccc2)C3)cc1N. The number of aromatic nitrogens is 3. The number of fused-ring (bicyclic) bond motifs is 1. The molecule has 39 heavy (non-hydrogen) atoms. The summed E-state index contributed by atoms with van der Waals surface area (Å²) in [5.41, 5.74) is 7.91. The minimum Gasteiger partial charge on any atom is -0.466 e. The van der Waals surface area contributed by atoms with Gasteiger partial charge in [-0.1, -0.05) is 18.2 Å². The Kier molecular flexibility index (Phi) is 7.95. The molecule has 0 spiro atoms. The van der Waals surface area contributed by atoms with Gasteiger partial charge in [0.25, 0.3) is 0 Å². The summed E-state index contributed by atoms with van der Waals surface area (Å²) in [6.45, 7) is -0.0838. The fraction of sp³-hybridized carbons (Fsp3) is 0.360. The van der Waals surface area contributed by atoms with Gasteiger partial charge in [0.1, 0.15) is 11.5 Å². The van der Waals surface area contributed by atoms with E-state index in [2.05, 4.69) is 20.3 Å². The molecule has 1 aliphatic rings. The topological polar surface area (TPSA) is 116 Å². The van der Waals surface area contributed by atoms with Crippen molar-refractivity contribution in [2.24, 2.45) is 0 Å². The molecule has 1 aliphatic heterocycles. The average Bonchev–Trinajstić information content (AvgIpc) is 2.89. The van der Waals surface area contributed by atoms with Crippen LogP contribution in [0.15, 0.2) is 42.6 Å². The van der Waals surface area contributed by atoms with Crippen LogP contribution in [0.1, 0.15) is 5.56 Å². The number of hydrogen-bond donors (Lipinski definition) is 2. The van der Waals surface area contributed by atoms with Crippen LogP contribution in [0.25, 0.3) is 0 Å². The highest BCUT2D eigenvalue weighted by molar-refractivity contribution is 6.05. The molecule has 0 saturated carbocycles. The summed E-state index contributed by atoms with van der Waals surface area (Å²) < 4.78 is 44.0. The summed E-state index contributed by atoms with van der Waals surface area (Å²) in [6.07, 6.45) is -3.02. The molecule has 1 aromatic carbocycles. The van der Waals surface area contributed by atoms with Crippen molar-refractivity contribution in [3.63, 3.8) is 0 Å². The standard InChI is InChI=1S/C25H30F3N9O2/c1-34(2)10-11-35(3)21-18(29)12-19(22(32-21)39-15-25(26,27)28)31-23-30-13-16-14-37(17-8-6-5-7-9-17)24(38)36(4)20(16)33-23/h5-9,12-13H,10-11,14-15,29H2,1-4H3,(H,30,31,33). The maximum Gasteiger partial charge on any atom is 0.422 e. The van der Waals surface area contributed by atoms with E-state index in [1.165, 1.54) is 11.0 Å².